The number of carbonyl (C=O) groups excluding carboxylic acids is 4. The van der Waals surface area contributed by atoms with Crippen LogP contribution in [-0.2, 0) is 25.6 Å². The monoisotopic (exact) mass is 667 g/mol. The van der Waals surface area contributed by atoms with E-state index in [1.165, 1.54) is 7.11 Å². The van der Waals surface area contributed by atoms with Gasteiger partial charge in [0.05, 0.1) is 43.7 Å². The Hall–Kier alpha value is -6.11. The first-order chi connectivity index (χ1) is 23.7. The zero-order chi connectivity index (χ0) is 34.9. The third-order valence-electron chi connectivity index (χ3n) is 7.67. The van der Waals surface area contributed by atoms with E-state index in [4.69, 9.17) is 18.9 Å². The van der Waals surface area contributed by atoms with Crippen molar-refractivity contribution in [3.63, 3.8) is 0 Å². The third-order valence-corrected chi connectivity index (χ3v) is 7.67. The molecule has 2 heterocycles. The fourth-order valence-corrected chi connectivity index (χ4v) is 5.42. The summed E-state index contributed by atoms with van der Waals surface area (Å²) in [6.07, 6.45) is 3.51. The van der Waals surface area contributed by atoms with Crippen LogP contribution in [0.15, 0.2) is 89.3 Å². The summed E-state index contributed by atoms with van der Waals surface area (Å²) in [5.74, 6) is -0.832. The molecule has 0 saturated heterocycles. The van der Waals surface area contributed by atoms with E-state index in [-0.39, 0.29) is 30.5 Å². The average molecular weight is 668 g/mol. The molecule has 3 N–H and O–H groups in total. The molecule has 3 amide bonds. The van der Waals surface area contributed by atoms with Crippen molar-refractivity contribution < 1.29 is 38.1 Å². The summed E-state index contributed by atoms with van der Waals surface area (Å²) in [5.41, 5.74) is 6.97. The van der Waals surface area contributed by atoms with Gasteiger partial charge in [0.2, 0.25) is 0 Å². The molecule has 3 aromatic carbocycles. The van der Waals surface area contributed by atoms with Gasteiger partial charge in [-0.3, -0.25) is 4.79 Å². The van der Waals surface area contributed by atoms with Gasteiger partial charge in [0.25, 0.3) is 5.91 Å². The number of allylic oxidation sites excluding steroid dienone is 1. The highest BCUT2D eigenvalue weighted by atomic mass is 16.5. The number of esters is 2. The van der Waals surface area contributed by atoms with Gasteiger partial charge in [-0.1, -0.05) is 36.4 Å². The first kappa shape index (κ1) is 34.2. The van der Waals surface area contributed by atoms with E-state index in [0.29, 0.717) is 35.7 Å². The lowest BCUT2D eigenvalue weighted by molar-refractivity contribution is -0.139. The van der Waals surface area contributed by atoms with Gasteiger partial charge in [0.15, 0.2) is 18.1 Å². The molecule has 4 aromatic rings. The van der Waals surface area contributed by atoms with Crippen molar-refractivity contribution in [2.24, 2.45) is 5.10 Å². The highest BCUT2D eigenvalue weighted by molar-refractivity contribution is 6.00. The van der Waals surface area contributed by atoms with Crippen LogP contribution in [0, 0.1) is 0 Å². The van der Waals surface area contributed by atoms with E-state index in [1.54, 1.807) is 57.3 Å². The Labute approximate surface area is 282 Å². The van der Waals surface area contributed by atoms with Gasteiger partial charge in [-0.25, -0.2) is 19.8 Å². The molecular weight excluding hydrogens is 630 g/mol. The highest BCUT2D eigenvalue weighted by Crippen LogP contribution is 2.34. The number of carbonyl (C=O) groups is 4. The van der Waals surface area contributed by atoms with E-state index in [1.807, 2.05) is 42.6 Å². The first-order valence-electron chi connectivity index (χ1n) is 15.6. The Morgan fingerprint density at radius 1 is 0.959 bits per heavy atom. The number of rotatable bonds is 13. The maximum Gasteiger partial charge on any atom is 0.338 e. The number of hydrogen-bond donors (Lipinski definition) is 3. The van der Waals surface area contributed by atoms with Gasteiger partial charge >= 0.3 is 18.0 Å². The second-order valence-electron chi connectivity index (χ2n) is 10.9. The molecule has 0 radical (unpaired) electrons. The van der Waals surface area contributed by atoms with Gasteiger partial charge in [0.1, 0.15) is 0 Å². The second-order valence-corrected chi connectivity index (χ2v) is 10.9. The number of methoxy groups -OCH3 is 1. The van der Waals surface area contributed by atoms with Crippen molar-refractivity contribution in [3.05, 3.63) is 106 Å². The fraction of sp³-hybridized carbons (Fsp3) is 0.250. The molecule has 5 rings (SSSR count). The van der Waals surface area contributed by atoms with Crippen LogP contribution in [0.4, 0.5) is 4.79 Å². The normalized spacial score (nSPS) is 14.3. The molecule has 0 bridgehead atoms. The minimum Gasteiger partial charge on any atom is -0.493 e. The second kappa shape index (κ2) is 15.7. The topological polar surface area (TPSA) is 159 Å². The first-order valence-corrected chi connectivity index (χ1v) is 15.6. The van der Waals surface area contributed by atoms with Crippen LogP contribution in [0.3, 0.4) is 0 Å². The van der Waals surface area contributed by atoms with Crippen molar-refractivity contribution in [2.45, 2.75) is 33.4 Å². The standard InChI is InChI=1S/C36H37N5O8/c1-5-47-34(43)24-13-11-23(12-14-24)19-41-20-26(27-9-7-8-10-28(27)41)18-37-40-31(42)21-49-29-16-15-25(17-30(29)46-4)33-32(35(44)48-6-2)22(3)38-36(45)39-33/h7-18,20,33H,5-6,19,21H2,1-4H3,(H,40,42)(H2,38,39,45)/b37-18+/t33-/m1/s1. The lowest BCUT2D eigenvalue weighted by Gasteiger charge is -2.28. The molecule has 49 heavy (non-hydrogen) atoms. The minimum absolute atomic E-state index is 0.178. The molecule has 0 aliphatic carbocycles. The molecule has 1 aliphatic rings. The average Bonchev–Trinajstić information content (AvgIpc) is 3.44. The molecule has 0 spiro atoms. The number of hydrogen-bond acceptors (Lipinski definition) is 9. The highest BCUT2D eigenvalue weighted by Gasteiger charge is 2.32. The molecule has 13 heteroatoms. The molecule has 1 aliphatic heterocycles. The Morgan fingerprint density at radius 3 is 2.43 bits per heavy atom. The van der Waals surface area contributed by atoms with Crippen molar-refractivity contribution in [3.8, 4) is 11.5 Å². The third kappa shape index (κ3) is 8.07. The number of ether oxygens (including phenoxy) is 4. The molecule has 0 saturated carbocycles. The Bertz CT molecular complexity index is 1930. The number of fused-ring (bicyclic) bond motifs is 1. The Kier molecular flexibility index (Phi) is 10.9. The molecule has 0 unspecified atom stereocenters. The van der Waals surface area contributed by atoms with Crippen LogP contribution in [0.2, 0.25) is 0 Å². The lowest BCUT2D eigenvalue weighted by atomic mass is 9.95. The smallest absolute Gasteiger partial charge is 0.338 e. The van der Waals surface area contributed by atoms with Crippen molar-refractivity contribution in [1.82, 2.24) is 20.6 Å². The fourth-order valence-electron chi connectivity index (χ4n) is 5.42. The Balaban J connectivity index is 1.23. The number of nitrogens with one attached hydrogen (secondary N) is 3. The Morgan fingerprint density at radius 2 is 1.69 bits per heavy atom. The van der Waals surface area contributed by atoms with Gasteiger partial charge in [-0.05, 0) is 62.2 Å². The largest absolute Gasteiger partial charge is 0.493 e. The summed E-state index contributed by atoms with van der Waals surface area (Å²) in [6.45, 7) is 5.80. The lowest BCUT2D eigenvalue weighted by Crippen LogP contribution is -2.45. The number of aromatic nitrogens is 1. The van der Waals surface area contributed by atoms with E-state index in [9.17, 15) is 19.2 Å². The van der Waals surface area contributed by atoms with Crippen LogP contribution in [-0.4, -0.2) is 61.6 Å². The number of para-hydroxylation sites is 1. The number of urea groups is 1. The summed E-state index contributed by atoms with van der Waals surface area (Å²) in [5, 5.41) is 10.4. The quantitative estimate of drug-likeness (QED) is 0.106. The molecule has 1 aromatic heterocycles. The number of benzene rings is 3. The summed E-state index contributed by atoms with van der Waals surface area (Å²) >= 11 is 0. The molecular formula is C36H37N5O8. The summed E-state index contributed by atoms with van der Waals surface area (Å²) in [6, 6.07) is 18.8. The van der Waals surface area contributed by atoms with E-state index in [2.05, 4.69) is 25.7 Å². The zero-order valence-corrected chi connectivity index (χ0v) is 27.6. The summed E-state index contributed by atoms with van der Waals surface area (Å²) in [4.78, 5) is 49.5. The SMILES string of the molecule is CCOC(=O)C1=C(C)NC(=O)N[C@@H]1c1ccc(OCC(=O)N/N=C/c2cn(Cc3ccc(C(=O)OCC)cc3)c3ccccc23)c(OC)c1. The van der Waals surface area contributed by atoms with Gasteiger partial charge in [-0.2, -0.15) is 5.10 Å². The van der Waals surface area contributed by atoms with Crippen LogP contribution < -0.4 is 25.5 Å². The van der Waals surface area contributed by atoms with Crippen LogP contribution in [0.25, 0.3) is 10.9 Å². The number of amides is 3. The number of hydrazone groups is 1. The maximum absolute atomic E-state index is 12.7. The number of nitrogens with zero attached hydrogens (tertiary/aromatic N) is 2. The predicted molar refractivity (Wildman–Crippen MR) is 181 cm³/mol. The molecule has 1 atom stereocenters. The van der Waals surface area contributed by atoms with Gasteiger partial charge in [-0.15, -0.1) is 0 Å². The zero-order valence-electron chi connectivity index (χ0n) is 27.6. The van der Waals surface area contributed by atoms with Crippen molar-refractivity contribution in [1.29, 1.82) is 0 Å². The van der Waals surface area contributed by atoms with Gasteiger partial charge < -0.3 is 34.1 Å². The molecule has 0 fully saturated rings. The van der Waals surface area contributed by atoms with Crippen molar-refractivity contribution >= 4 is 41.0 Å². The molecule has 13 nitrogen and oxygen atoms in total. The van der Waals surface area contributed by atoms with Crippen LogP contribution >= 0.6 is 0 Å². The van der Waals surface area contributed by atoms with E-state index < -0.39 is 23.9 Å². The maximum atomic E-state index is 12.7. The predicted octanol–water partition coefficient (Wildman–Crippen LogP) is 4.60. The van der Waals surface area contributed by atoms with Crippen LogP contribution in [0.1, 0.15) is 53.9 Å². The summed E-state index contributed by atoms with van der Waals surface area (Å²) < 4.78 is 23.5. The van der Waals surface area contributed by atoms with E-state index in [0.717, 1.165) is 22.0 Å². The molecule has 254 valence electrons. The van der Waals surface area contributed by atoms with Crippen LogP contribution in [0.5, 0.6) is 11.5 Å². The van der Waals surface area contributed by atoms with Gasteiger partial charge in [0, 0.05) is 34.9 Å². The van der Waals surface area contributed by atoms with E-state index >= 15 is 0 Å². The van der Waals surface area contributed by atoms with Crippen molar-refractivity contribution in [2.75, 3.05) is 26.9 Å². The summed E-state index contributed by atoms with van der Waals surface area (Å²) in [7, 11) is 1.44. The minimum atomic E-state index is -0.781.